The highest BCUT2D eigenvalue weighted by Crippen LogP contribution is 2.33. The molecule has 5 nitrogen and oxygen atoms in total. The lowest BCUT2D eigenvalue weighted by molar-refractivity contribution is -0.138. The summed E-state index contributed by atoms with van der Waals surface area (Å²) in [6.07, 6.45) is 0. The molecule has 2 aromatic carbocycles. The Labute approximate surface area is 116 Å². The lowest BCUT2D eigenvalue weighted by Crippen LogP contribution is -2.20. The third-order valence-corrected chi connectivity index (χ3v) is 2.87. The highest BCUT2D eigenvalue weighted by atomic mass is 16.5. The number of phenolic OH excluding ortho intramolecular Hbond substituents is 1. The minimum Gasteiger partial charge on any atom is -0.504 e. The van der Waals surface area contributed by atoms with Crippen molar-refractivity contribution in [1.29, 1.82) is 0 Å². The van der Waals surface area contributed by atoms with Crippen LogP contribution in [0.15, 0.2) is 48.5 Å². The fourth-order valence-electron chi connectivity index (χ4n) is 1.78. The fraction of sp³-hybridized carbons (Fsp3) is 0.133. The van der Waals surface area contributed by atoms with Gasteiger partial charge in [0.15, 0.2) is 11.5 Å². The summed E-state index contributed by atoms with van der Waals surface area (Å²) < 4.78 is 5.49. The van der Waals surface area contributed by atoms with Crippen LogP contribution in [0.25, 0.3) is 0 Å². The number of hydrogen-bond donors (Lipinski definition) is 3. The first-order chi connectivity index (χ1) is 9.59. The summed E-state index contributed by atoms with van der Waals surface area (Å²) in [7, 11) is 0. The maximum absolute atomic E-state index is 10.9. The molecule has 20 heavy (non-hydrogen) atoms. The molecule has 0 radical (unpaired) electrons. The molecule has 0 saturated carbocycles. The molecule has 2 aromatic rings. The van der Waals surface area contributed by atoms with Crippen molar-refractivity contribution < 1.29 is 19.7 Å². The molecule has 0 fully saturated rings. The molecule has 4 N–H and O–H groups in total. The van der Waals surface area contributed by atoms with E-state index in [9.17, 15) is 9.90 Å². The van der Waals surface area contributed by atoms with Gasteiger partial charge in [-0.05, 0) is 11.6 Å². The maximum Gasteiger partial charge on any atom is 0.325 e. The summed E-state index contributed by atoms with van der Waals surface area (Å²) >= 11 is 0. The van der Waals surface area contributed by atoms with E-state index in [0.717, 1.165) is 5.56 Å². The predicted octanol–water partition coefficient (Wildman–Crippen LogP) is 2.06. The Morgan fingerprint density at radius 3 is 2.50 bits per heavy atom. The zero-order valence-corrected chi connectivity index (χ0v) is 10.7. The number of nitrogens with two attached hydrogens (primary N) is 1. The molecule has 0 heterocycles. The highest BCUT2D eigenvalue weighted by molar-refractivity contribution is 5.76. The Balaban J connectivity index is 2.17. The van der Waals surface area contributed by atoms with Gasteiger partial charge in [-0.1, -0.05) is 42.5 Å². The molecule has 0 saturated heterocycles. The highest BCUT2D eigenvalue weighted by Gasteiger charge is 2.20. The van der Waals surface area contributed by atoms with Crippen molar-refractivity contribution in [1.82, 2.24) is 0 Å². The molecule has 1 atom stereocenters. The normalized spacial score (nSPS) is 11.8. The van der Waals surface area contributed by atoms with Crippen molar-refractivity contribution in [3.8, 4) is 11.5 Å². The largest absolute Gasteiger partial charge is 0.504 e. The number of benzene rings is 2. The van der Waals surface area contributed by atoms with Crippen molar-refractivity contribution in [3.63, 3.8) is 0 Å². The molecule has 0 aliphatic carbocycles. The van der Waals surface area contributed by atoms with E-state index in [1.165, 1.54) is 6.07 Å². The smallest absolute Gasteiger partial charge is 0.325 e. The van der Waals surface area contributed by atoms with Crippen LogP contribution in [0.1, 0.15) is 17.2 Å². The summed E-state index contributed by atoms with van der Waals surface area (Å²) in [5, 5.41) is 18.9. The standard InChI is InChI=1S/C15H15NO4/c16-13(15(18)19)11-7-4-8-12(14(11)17)20-9-10-5-2-1-3-6-10/h1-8,13,17H,9,16H2,(H,18,19). The van der Waals surface area contributed by atoms with E-state index in [1.54, 1.807) is 12.1 Å². The minimum absolute atomic E-state index is 0.128. The van der Waals surface area contributed by atoms with Crippen LogP contribution in [0.5, 0.6) is 11.5 Å². The van der Waals surface area contributed by atoms with Crippen LogP contribution in [0.3, 0.4) is 0 Å². The second-order valence-corrected chi connectivity index (χ2v) is 4.28. The number of ether oxygens (including phenoxy) is 1. The van der Waals surface area contributed by atoms with E-state index in [0.29, 0.717) is 0 Å². The summed E-state index contributed by atoms with van der Waals surface area (Å²) in [4.78, 5) is 10.9. The summed E-state index contributed by atoms with van der Waals surface area (Å²) in [6.45, 7) is 0.278. The molecule has 0 aliphatic heterocycles. The van der Waals surface area contributed by atoms with E-state index < -0.39 is 12.0 Å². The van der Waals surface area contributed by atoms with Gasteiger partial charge >= 0.3 is 5.97 Å². The van der Waals surface area contributed by atoms with E-state index in [-0.39, 0.29) is 23.7 Å². The third kappa shape index (κ3) is 3.07. The van der Waals surface area contributed by atoms with Crippen LogP contribution in [0.4, 0.5) is 0 Å². The maximum atomic E-state index is 10.9. The SMILES string of the molecule is NC(C(=O)O)c1cccc(OCc2ccccc2)c1O. The predicted molar refractivity (Wildman–Crippen MR) is 73.4 cm³/mol. The zero-order chi connectivity index (χ0) is 14.5. The Morgan fingerprint density at radius 2 is 1.85 bits per heavy atom. The van der Waals surface area contributed by atoms with Gasteiger partial charge in [0.05, 0.1) is 0 Å². The quantitative estimate of drug-likeness (QED) is 0.775. The minimum atomic E-state index is -1.28. The number of aromatic hydroxyl groups is 1. The number of hydrogen-bond acceptors (Lipinski definition) is 4. The van der Waals surface area contributed by atoms with Crippen molar-refractivity contribution in [2.24, 2.45) is 5.73 Å². The molecule has 0 bridgehead atoms. The molecule has 0 spiro atoms. The van der Waals surface area contributed by atoms with Crippen molar-refractivity contribution in [2.45, 2.75) is 12.6 Å². The number of aliphatic carboxylic acids is 1. The third-order valence-electron chi connectivity index (χ3n) is 2.87. The molecule has 0 amide bonds. The number of para-hydroxylation sites is 1. The lowest BCUT2D eigenvalue weighted by atomic mass is 10.1. The van der Waals surface area contributed by atoms with Gasteiger partial charge in [0.2, 0.25) is 0 Å². The van der Waals surface area contributed by atoms with E-state index in [4.69, 9.17) is 15.6 Å². The summed E-state index contributed by atoms with van der Waals surface area (Å²) in [6, 6.07) is 12.8. The summed E-state index contributed by atoms with van der Waals surface area (Å²) in [5.74, 6) is -1.23. The van der Waals surface area contributed by atoms with Crippen LogP contribution < -0.4 is 10.5 Å². The molecule has 1 unspecified atom stereocenters. The van der Waals surface area contributed by atoms with Crippen LogP contribution in [-0.4, -0.2) is 16.2 Å². The van der Waals surface area contributed by atoms with Gasteiger partial charge in [0.25, 0.3) is 0 Å². The van der Waals surface area contributed by atoms with Gasteiger partial charge in [0, 0.05) is 5.56 Å². The van der Waals surface area contributed by atoms with Gasteiger partial charge in [-0.3, -0.25) is 4.79 Å². The Kier molecular flexibility index (Phi) is 4.22. The van der Waals surface area contributed by atoms with Gasteiger partial charge in [0.1, 0.15) is 12.6 Å². The molecular formula is C15H15NO4. The molecule has 0 aliphatic rings. The van der Waals surface area contributed by atoms with Crippen LogP contribution in [0.2, 0.25) is 0 Å². The first-order valence-corrected chi connectivity index (χ1v) is 6.06. The van der Waals surface area contributed by atoms with Crippen molar-refractivity contribution in [3.05, 3.63) is 59.7 Å². The average Bonchev–Trinajstić information content (AvgIpc) is 2.46. The molecule has 2 rings (SSSR count). The second-order valence-electron chi connectivity index (χ2n) is 4.28. The second kappa shape index (κ2) is 6.08. The molecule has 104 valence electrons. The van der Waals surface area contributed by atoms with E-state index in [1.807, 2.05) is 30.3 Å². The van der Waals surface area contributed by atoms with Gasteiger partial charge in [-0.25, -0.2) is 0 Å². The molecule has 5 heteroatoms. The van der Waals surface area contributed by atoms with Gasteiger partial charge in [-0.15, -0.1) is 0 Å². The van der Waals surface area contributed by atoms with Crippen molar-refractivity contribution >= 4 is 5.97 Å². The van der Waals surface area contributed by atoms with Crippen LogP contribution in [-0.2, 0) is 11.4 Å². The molecular weight excluding hydrogens is 258 g/mol. The number of carboxylic acid groups (broad SMARTS) is 1. The van der Waals surface area contributed by atoms with E-state index in [2.05, 4.69) is 0 Å². The zero-order valence-electron chi connectivity index (χ0n) is 10.7. The number of carboxylic acids is 1. The van der Waals surface area contributed by atoms with Crippen LogP contribution >= 0.6 is 0 Å². The number of carbonyl (C=O) groups is 1. The Bertz CT molecular complexity index is 598. The number of phenols is 1. The Hall–Kier alpha value is -2.53. The van der Waals surface area contributed by atoms with E-state index >= 15 is 0 Å². The first kappa shape index (κ1) is 13.9. The number of rotatable bonds is 5. The van der Waals surface area contributed by atoms with Gasteiger partial charge in [-0.2, -0.15) is 0 Å². The topological polar surface area (TPSA) is 92.8 Å². The molecule has 0 aromatic heterocycles. The lowest BCUT2D eigenvalue weighted by Gasteiger charge is -2.13. The van der Waals surface area contributed by atoms with Gasteiger partial charge < -0.3 is 20.7 Å². The van der Waals surface area contributed by atoms with Crippen molar-refractivity contribution in [2.75, 3.05) is 0 Å². The van der Waals surface area contributed by atoms with Crippen LogP contribution in [0, 0.1) is 0 Å². The fourth-order valence-corrected chi connectivity index (χ4v) is 1.78. The monoisotopic (exact) mass is 273 g/mol. The summed E-state index contributed by atoms with van der Waals surface area (Å²) in [5.41, 5.74) is 6.57. The first-order valence-electron chi connectivity index (χ1n) is 6.06. The average molecular weight is 273 g/mol. The Morgan fingerprint density at radius 1 is 1.15 bits per heavy atom.